The zero-order valence-electron chi connectivity index (χ0n) is 5.26. The molecule has 0 aliphatic heterocycles. The predicted molar refractivity (Wildman–Crippen MR) is 37.7 cm³/mol. The number of halogens is 1. The van der Waals surface area contributed by atoms with E-state index in [1.54, 1.807) is 12.1 Å². The van der Waals surface area contributed by atoms with Crippen molar-refractivity contribution in [3.8, 4) is 5.95 Å². The Kier molecular flexibility index (Phi) is 2.11. The number of hydrogen-bond donors (Lipinski definition) is 0. The number of carbonyl (C=O) groups excluding carboxylic acids is 1. The number of carbonyl (C=O) groups is 1. The molecule has 0 aromatic carbocycles. The molecule has 54 valence electrons. The molecule has 4 heteroatoms. The summed E-state index contributed by atoms with van der Waals surface area (Å²) in [6, 6.07) is 3.21. The van der Waals surface area contributed by atoms with Crippen LogP contribution in [0.5, 0.6) is 5.95 Å². The van der Waals surface area contributed by atoms with Gasteiger partial charge in [0.05, 0.1) is 0 Å². The second kappa shape index (κ2) is 2.88. The summed E-state index contributed by atoms with van der Waals surface area (Å²) in [6.07, 6.45) is 0. The van der Waals surface area contributed by atoms with Crippen molar-refractivity contribution < 1.29 is 13.9 Å². The minimum absolute atomic E-state index is 0.208. The lowest BCUT2D eigenvalue weighted by molar-refractivity contribution is -0.133. The van der Waals surface area contributed by atoms with Crippen molar-refractivity contribution in [3.63, 3.8) is 0 Å². The van der Waals surface area contributed by atoms with Crippen molar-refractivity contribution in [2.45, 2.75) is 6.92 Å². The van der Waals surface area contributed by atoms with E-state index in [1.807, 2.05) is 0 Å². The molecule has 10 heavy (non-hydrogen) atoms. The van der Waals surface area contributed by atoms with Gasteiger partial charge in [0.15, 0.2) is 4.67 Å². The highest BCUT2D eigenvalue weighted by molar-refractivity contribution is 9.10. The Hall–Kier alpha value is -0.770. The largest absolute Gasteiger partial charge is 0.418 e. The fourth-order valence-corrected chi connectivity index (χ4v) is 0.786. The van der Waals surface area contributed by atoms with Crippen LogP contribution in [0.4, 0.5) is 0 Å². The van der Waals surface area contributed by atoms with Gasteiger partial charge in [0, 0.05) is 13.0 Å². The highest BCUT2D eigenvalue weighted by Crippen LogP contribution is 2.20. The van der Waals surface area contributed by atoms with Gasteiger partial charge in [-0.25, -0.2) is 0 Å². The molecule has 0 unspecified atom stereocenters. The normalized spacial score (nSPS) is 9.40. The molecule has 0 aliphatic rings. The average molecular weight is 205 g/mol. The average Bonchev–Trinajstić information content (AvgIpc) is 2.13. The molecule has 1 aromatic rings. The van der Waals surface area contributed by atoms with Crippen molar-refractivity contribution in [1.29, 1.82) is 0 Å². The van der Waals surface area contributed by atoms with E-state index < -0.39 is 0 Å². The van der Waals surface area contributed by atoms with Gasteiger partial charge in [-0.3, -0.25) is 4.79 Å². The molecule has 0 saturated heterocycles. The SMILES string of the molecule is CC(=O)Oc1ccc(Br)o1. The van der Waals surface area contributed by atoms with E-state index in [0.29, 0.717) is 4.67 Å². The number of hydrogen-bond acceptors (Lipinski definition) is 3. The quantitative estimate of drug-likeness (QED) is 0.658. The smallest absolute Gasteiger partial charge is 0.310 e. The van der Waals surface area contributed by atoms with Crippen LogP contribution in [0.2, 0.25) is 0 Å². The molecule has 0 atom stereocenters. The molecule has 0 spiro atoms. The molecule has 1 rings (SSSR count). The van der Waals surface area contributed by atoms with Crippen LogP contribution in [-0.4, -0.2) is 5.97 Å². The molecule has 0 fully saturated rings. The maximum absolute atomic E-state index is 10.3. The highest BCUT2D eigenvalue weighted by Gasteiger charge is 2.01. The summed E-state index contributed by atoms with van der Waals surface area (Å²) in [5.74, 6) is -0.179. The zero-order valence-corrected chi connectivity index (χ0v) is 6.84. The Morgan fingerprint density at radius 1 is 1.70 bits per heavy atom. The predicted octanol–water partition coefficient (Wildman–Crippen LogP) is 1.97. The molecule has 1 heterocycles. The van der Waals surface area contributed by atoms with Crippen LogP contribution in [0.3, 0.4) is 0 Å². The summed E-state index contributed by atoms with van der Waals surface area (Å²) in [5, 5.41) is 0. The Bertz CT molecular complexity index is 241. The minimum Gasteiger partial charge on any atom is -0.418 e. The van der Waals surface area contributed by atoms with Crippen LogP contribution in [0, 0.1) is 0 Å². The van der Waals surface area contributed by atoms with Crippen LogP contribution >= 0.6 is 15.9 Å². The van der Waals surface area contributed by atoms with Gasteiger partial charge in [0.1, 0.15) is 0 Å². The Morgan fingerprint density at radius 2 is 2.40 bits per heavy atom. The summed E-state index contributed by atoms with van der Waals surface area (Å²) in [6.45, 7) is 1.32. The number of esters is 1. The van der Waals surface area contributed by atoms with E-state index >= 15 is 0 Å². The molecule has 0 amide bonds. The Labute approximate surface area is 66.1 Å². The molecule has 0 radical (unpaired) electrons. The van der Waals surface area contributed by atoms with E-state index in [1.165, 1.54) is 6.92 Å². The fraction of sp³-hybridized carbons (Fsp3) is 0.167. The van der Waals surface area contributed by atoms with Crippen molar-refractivity contribution >= 4 is 21.9 Å². The molecule has 0 aliphatic carbocycles. The third-order valence-corrected chi connectivity index (χ3v) is 1.22. The summed E-state index contributed by atoms with van der Waals surface area (Å²) < 4.78 is 10.0. The van der Waals surface area contributed by atoms with E-state index in [-0.39, 0.29) is 11.9 Å². The van der Waals surface area contributed by atoms with Crippen LogP contribution in [-0.2, 0) is 4.79 Å². The molecule has 3 nitrogen and oxygen atoms in total. The lowest BCUT2D eigenvalue weighted by Crippen LogP contribution is -1.99. The summed E-state index contributed by atoms with van der Waals surface area (Å²) in [5.41, 5.74) is 0. The van der Waals surface area contributed by atoms with E-state index in [0.717, 1.165) is 0 Å². The Morgan fingerprint density at radius 3 is 2.80 bits per heavy atom. The molecular formula is C6H5BrO3. The summed E-state index contributed by atoms with van der Waals surface area (Å²) >= 11 is 3.06. The number of ether oxygens (including phenoxy) is 1. The first-order valence-electron chi connectivity index (χ1n) is 2.62. The van der Waals surface area contributed by atoms with Gasteiger partial charge >= 0.3 is 5.97 Å². The van der Waals surface area contributed by atoms with Gasteiger partial charge in [-0.05, 0) is 22.0 Å². The monoisotopic (exact) mass is 204 g/mol. The van der Waals surface area contributed by atoms with Gasteiger partial charge in [0.2, 0.25) is 0 Å². The third-order valence-electron chi connectivity index (χ3n) is 0.793. The van der Waals surface area contributed by atoms with Crippen molar-refractivity contribution in [3.05, 3.63) is 16.8 Å². The first-order chi connectivity index (χ1) is 4.68. The standard InChI is InChI=1S/C6H5BrO3/c1-4(8)9-6-3-2-5(7)10-6/h2-3H,1H3. The maximum atomic E-state index is 10.3. The van der Waals surface area contributed by atoms with Crippen LogP contribution in [0.15, 0.2) is 21.2 Å². The fourth-order valence-electron chi connectivity index (χ4n) is 0.494. The third kappa shape index (κ3) is 1.88. The highest BCUT2D eigenvalue weighted by atomic mass is 79.9. The van der Waals surface area contributed by atoms with Crippen LogP contribution < -0.4 is 4.74 Å². The van der Waals surface area contributed by atoms with E-state index in [2.05, 4.69) is 20.7 Å². The van der Waals surface area contributed by atoms with Gasteiger partial charge in [-0.15, -0.1) is 0 Å². The van der Waals surface area contributed by atoms with Crippen molar-refractivity contribution in [2.75, 3.05) is 0 Å². The van der Waals surface area contributed by atoms with Crippen LogP contribution in [0.25, 0.3) is 0 Å². The van der Waals surface area contributed by atoms with Gasteiger partial charge in [-0.2, -0.15) is 0 Å². The van der Waals surface area contributed by atoms with Crippen LogP contribution in [0.1, 0.15) is 6.92 Å². The minimum atomic E-state index is -0.387. The van der Waals surface area contributed by atoms with Gasteiger partial charge < -0.3 is 9.15 Å². The van der Waals surface area contributed by atoms with Gasteiger partial charge in [-0.1, -0.05) is 0 Å². The molecule has 0 bridgehead atoms. The molecule has 0 saturated carbocycles. The molecule has 0 N–H and O–H groups in total. The van der Waals surface area contributed by atoms with E-state index in [9.17, 15) is 4.79 Å². The second-order valence-electron chi connectivity index (χ2n) is 1.65. The number of furan rings is 1. The summed E-state index contributed by atoms with van der Waals surface area (Å²) in [4.78, 5) is 10.3. The first kappa shape index (κ1) is 7.34. The summed E-state index contributed by atoms with van der Waals surface area (Å²) in [7, 11) is 0. The lowest BCUT2D eigenvalue weighted by Gasteiger charge is -1.91. The topological polar surface area (TPSA) is 39.4 Å². The number of rotatable bonds is 1. The maximum Gasteiger partial charge on any atom is 0.310 e. The lowest BCUT2D eigenvalue weighted by atomic mass is 10.6. The van der Waals surface area contributed by atoms with E-state index in [4.69, 9.17) is 4.42 Å². The Balaban J connectivity index is 2.67. The van der Waals surface area contributed by atoms with Crippen molar-refractivity contribution in [2.24, 2.45) is 0 Å². The second-order valence-corrected chi connectivity index (χ2v) is 2.43. The van der Waals surface area contributed by atoms with Crippen molar-refractivity contribution in [1.82, 2.24) is 0 Å². The zero-order chi connectivity index (χ0) is 7.56. The molecular weight excluding hydrogens is 200 g/mol. The molecule has 1 aromatic heterocycles. The van der Waals surface area contributed by atoms with Gasteiger partial charge in [0.25, 0.3) is 5.95 Å². The first-order valence-corrected chi connectivity index (χ1v) is 3.41.